The minimum Gasteiger partial charge on any atom is -0.492 e. The van der Waals surface area contributed by atoms with E-state index in [9.17, 15) is 0 Å². The van der Waals surface area contributed by atoms with Crippen LogP contribution in [0.4, 0.5) is 5.69 Å². The molecule has 102 valence electrons. The average Bonchev–Trinajstić information content (AvgIpc) is 2.96. The van der Waals surface area contributed by atoms with Crippen molar-refractivity contribution in [2.45, 2.75) is 20.8 Å². The number of aromatic nitrogens is 1. The van der Waals surface area contributed by atoms with Gasteiger partial charge in [0.05, 0.1) is 23.5 Å². The number of anilines is 1. The molecule has 0 N–H and O–H groups in total. The van der Waals surface area contributed by atoms with Crippen molar-refractivity contribution in [2.75, 3.05) is 24.6 Å². The molecule has 0 aliphatic heterocycles. The minimum atomic E-state index is 0.675. The number of rotatable bonds is 6. The first-order chi connectivity index (χ1) is 9.30. The van der Waals surface area contributed by atoms with E-state index in [1.165, 1.54) is 0 Å². The van der Waals surface area contributed by atoms with E-state index in [1.54, 1.807) is 11.3 Å². The van der Waals surface area contributed by atoms with Gasteiger partial charge in [0, 0.05) is 24.0 Å². The molecule has 0 fully saturated rings. The van der Waals surface area contributed by atoms with Gasteiger partial charge >= 0.3 is 0 Å². The van der Waals surface area contributed by atoms with Gasteiger partial charge in [0.1, 0.15) is 5.75 Å². The van der Waals surface area contributed by atoms with E-state index in [1.807, 2.05) is 12.4 Å². The lowest BCUT2D eigenvalue weighted by atomic mass is 10.1. The van der Waals surface area contributed by atoms with Gasteiger partial charge in [-0.2, -0.15) is 0 Å². The number of benzene rings is 1. The van der Waals surface area contributed by atoms with Crippen LogP contribution in [0.5, 0.6) is 5.75 Å². The molecule has 0 aliphatic carbocycles. The van der Waals surface area contributed by atoms with Gasteiger partial charge in [-0.15, -0.1) is 11.3 Å². The van der Waals surface area contributed by atoms with Crippen LogP contribution in [-0.4, -0.2) is 24.7 Å². The van der Waals surface area contributed by atoms with Crippen LogP contribution in [0.25, 0.3) is 11.3 Å². The van der Waals surface area contributed by atoms with E-state index in [4.69, 9.17) is 4.74 Å². The minimum absolute atomic E-state index is 0.675. The maximum absolute atomic E-state index is 5.79. The summed E-state index contributed by atoms with van der Waals surface area (Å²) < 4.78 is 5.79. The second-order valence-corrected chi connectivity index (χ2v) is 4.88. The topological polar surface area (TPSA) is 25.4 Å². The second-order valence-electron chi connectivity index (χ2n) is 4.16. The van der Waals surface area contributed by atoms with Crippen molar-refractivity contribution in [3.8, 4) is 17.0 Å². The van der Waals surface area contributed by atoms with Crippen molar-refractivity contribution in [3.05, 3.63) is 29.1 Å². The molecule has 4 heteroatoms. The molecule has 0 radical (unpaired) electrons. The van der Waals surface area contributed by atoms with E-state index in [-0.39, 0.29) is 0 Å². The van der Waals surface area contributed by atoms with E-state index in [0.29, 0.717) is 6.61 Å². The zero-order valence-electron chi connectivity index (χ0n) is 11.7. The molecule has 0 unspecified atom stereocenters. The van der Waals surface area contributed by atoms with Gasteiger partial charge in [-0.25, -0.2) is 4.98 Å². The molecule has 2 aromatic rings. The van der Waals surface area contributed by atoms with Crippen molar-refractivity contribution in [1.82, 2.24) is 4.98 Å². The molecule has 19 heavy (non-hydrogen) atoms. The van der Waals surface area contributed by atoms with Crippen molar-refractivity contribution in [3.63, 3.8) is 0 Å². The largest absolute Gasteiger partial charge is 0.492 e. The Labute approximate surface area is 118 Å². The van der Waals surface area contributed by atoms with Crippen LogP contribution in [0.3, 0.4) is 0 Å². The summed E-state index contributed by atoms with van der Waals surface area (Å²) in [6.45, 7) is 8.97. The highest BCUT2D eigenvalue weighted by molar-refractivity contribution is 7.07. The lowest BCUT2D eigenvalue weighted by Gasteiger charge is -2.24. The first kappa shape index (κ1) is 13.9. The highest BCUT2D eigenvalue weighted by atomic mass is 32.1. The fourth-order valence-electron chi connectivity index (χ4n) is 2.13. The monoisotopic (exact) mass is 276 g/mol. The normalized spacial score (nSPS) is 10.5. The summed E-state index contributed by atoms with van der Waals surface area (Å²) >= 11 is 1.61. The average molecular weight is 276 g/mol. The maximum Gasteiger partial charge on any atom is 0.143 e. The first-order valence-corrected chi connectivity index (χ1v) is 7.64. The van der Waals surface area contributed by atoms with Gasteiger partial charge in [0.2, 0.25) is 0 Å². The molecule has 1 heterocycles. The van der Waals surface area contributed by atoms with Gasteiger partial charge in [-0.05, 0) is 32.9 Å². The van der Waals surface area contributed by atoms with Crippen molar-refractivity contribution >= 4 is 17.0 Å². The van der Waals surface area contributed by atoms with Gasteiger partial charge in [0.15, 0.2) is 0 Å². The van der Waals surface area contributed by atoms with E-state index >= 15 is 0 Å². The molecule has 0 spiro atoms. The highest BCUT2D eigenvalue weighted by Crippen LogP contribution is 2.33. The Morgan fingerprint density at radius 2 is 2.00 bits per heavy atom. The van der Waals surface area contributed by atoms with Crippen LogP contribution >= 0.6 is 11.3 Å². The second kappa shape index (κ2) is 6.57. The summed E-state index contributed by atoms with van der Waals surface area (Å²) in [6, 6.07) is 6.34. The Morgan fingerprint density at radius 1 is 1.21 bits per heavy atom. The lowest BCUT2D eigenvalue weighted by Crippen LogP contribution is -2.22. The van der Waals surface area contributed by atoms with Crippen LogP contribution in [0.15, 0.2) is 29.1 Å². The van der Waals surface area contributed by atoms with Gasteiger partial charge in [-0.3, -0.25) is 0 Å². The highest BCUT2D eigenvalue weighted by Gasteiger charge is 2.11. The Bertz CT molecular complexity index is 507. The molecule has 1 aromatic heterocycles. The number of nitrogens with zero attached hydrogens (tertiary/aromatic N) is 2. The fraction of sp³-hybridized carbons (Fsp3) is 0.400. The SMILES string of the molecule is CCOc1cc(-c2cscn2)ccc1N(CC)CC. The maximum atomic E-state index is 5.79. The number of thiazole rings is 1. The zero-order chi connectivity index (χ0) is 13.7. The van der Waals surface area contributed by atoms with Crippen LogP contribution in [-0.2, 0) is 0 Å². The van der Waals surface area contributed by atoms with Gasteiger partial charge in [-0.1, -0.05) is 6.07 Å². The third-order valence-electron chi connectivity index (χ3n) is 3.09. The smallest absolute Gasteiger partial charge is 0.143 e. The van der Waals surface area contributed by atoms with Crippen molar-refractivity contribution in [2.24, 2.45) is 0 Å². The van der Waals surface area contributed by atoms with Crippen LogP contribution in [0, 0.1) is 0 Å². The van der Waals surface area contributed by atoms with Gasteiger partial charge < -0.3 is 9.64 Å². The summed E-state index contributed by atoms with van der Waals surface area (Å²) in [4.78, 5) is 6.65. The Kier molecular flexibility index (Phi) is 4.80. The lowest BCUT2D eigenvalue weighted by molar-refractivity contribution is 0.340. The molecular weight excluding hydrogens is 256 g/mol. The third-order valence-corrected chi connectivity index (χ3v) is 3.68. The molecule has 0 saturated carbocycles. The van der Waals surface area contributed by atoms with Crippen LogP contribution in [0.2, 0.25) is 0 Å². The quantitative estimate of drug-likeness (QED) is 0.795. The number of ether oxygens (including phenoxy) is 1. The molecule has 0 aliphatic rings. The Balaban J connectivity index is 2.40. The van der Waals surface area contributed by atoms with Crippen LogP contribution < -0.4 is 9.64 Å². The van der Waals surface area contributed by atoms with Crippen LogP contribution in [0.1, 0.15) is 20.8 Å². The Morgan fingerprint density at radius 3 is 2.58 bits per heavy atom. The molecule has 1 aromatic carbocycles. The molecule has 0 bridgehead atoms. The summed E-state index contributed by atoms with van der Waals surface area (Å²) in [7, 11) is 0. The van der Waals surface area contributed by atoms with E-state index < -0.39 is 0 Å². The van der Waals surface area contributed by atoms with Crippen molar-refractivity contribution in [1.29, 1.82) is 0 Å². The predicted molar refractivity (Wildman–Crippen MR) is 82.3 cm³/mol. The van der Waals surface area contributed by atoms with E-state index in [2.05, 4.69) is 47.3 Å². The summed E-state index contributed by atoms with van der Waals surface area (Å²) in [5, 5.41) is 2.06. The molecule has 0 amide bonds. The predicted octanol–water partition coefficient (Wildman–Crippen LogP) is 4.06. The van der Waals surface area contributed by atoms with Crippen molar-refractivity contribution < 1.29 is 4.74 Å². The number of hydrogen-bond donors (Lipinski definition) is 0. The molecule has 0 atom stereocenters. The van der Waals surface area contributed by atoms with E-state index in [0.717, 1.165) is 35.8 Å². The molecule has 0 saturated heterocycles. The molecular formula is C15H20N2OS. The standard InChI is InChI=1S/C15H20N2OS/c1-4-17(5-2)14-8-7-12(9-15(14)18-6-3)13-10-19-11-16-13/h7-11H,4-6H2,1-3H3. The first-order valence-electron chi connectivity index (χ1n) is 6.70. The summed E-state index contributed by atoms with van der Waals surface area (Å²) in [5.41, 5.74) is 5.14. The molecule has 3 nitrogen and oxygen atoms in total. The summed E-state index contributed by atoms with van der Waals surface area (Å²) in [6.07, 6.45) is 0. The summed E-state index contributed by atoms with van der Waals surface area (Å²) in [5.74, 6) is 0.941. The number of hydrogen-bond acceptors (Lipinski definition) is 4. The van der Waals surface area contributed by atoms with Gasteiger partial charge in [0.25, 0.3) is 0 Å². The molecule has 2 rings (SSSR count). The third kappa shape index (κ3) is 3.07. The zero-order valence-corrected chi connectivity index (χ0v) is 12.5. The fourth-order valence-corrected chi connectivity index (χ4v) is 2.69. The Hall–Kier alpha value is -1.55.